The molecule has 142 valence electrons. The Morgan fingerprint density at radius 3 is 2.36 bits per heavy atom. The number of hydrogen-bond donors (Lipinski definition) is 3. The second-order valence-corrected chi connectivity index (χ2v) is 6.06. The summed E-state index contributed by atoms with van der Waals surface area (Å²) in [6.07, 6.45) is 2.35. The first-order chi connectivity index (χ1) is 13.6. The van der Waals surface area contributed by atoms with Crippen LogP contribution in [0.4, 0.5) is 5.69 Å². The van der Waals surface area contributed by atoms with E-state index in [1.54, 1.807) is 30.6 Å². The van der Waals surface area contributed by atoms with Crippen LogP contribution < -0.4 is 11.2 Å². The minimum Gasteiger partial charge on any atom is -0.478 e. The third-order valence-electron chi connectivity index (χ3n) is 4.26. The van der Waals surface area contributed by atoms with Crippen molar-refractivity contribution in [3.05, 3.63) is 95.3 Å². The van der Waals surface area contributed by atoms with Crippen molar-refractivity contribution in [1.29, 1.82) is 0 Å². The van der Waals surface area contributed by atoms with Crippen molar-refractivity contribution in [3.63, 3.8) is 0 Å². The summed E-state index contributed by atoms with van der Waals surface area (Å²) in [5.74, 6) is 4.01. The van der Waals surface area contributed by atoms with Gasteiger partial charge in [0.2, 0.25) is 0 Å². The highest BCUT2D eigenvalue weighted by molar-refractivity contribution is 6.04. The molecule has 0 fully saturated rings. The number of carbonyl (C=O) groups excluding carboxylic acids is 1. The van der Waals surface area contributed by atoms with E-state index < -0.39 is 12.1 Å². The zero-order valence-electron chi connectivity index (χ0n) is 14.9. The van der Waals surface area contributed by atoms with Gasteiger partial charge in [-0.1, -0.05) is 24.3 Å². The van der Waals surface area contributed by atoms with Crippen LogP contribution >= 0.6 is 0 Å². The van der Waals surface area contributed by atoms with Gasteiger partial charge in [-0.05, 0) is 47.5 Å². The van der Waals surface area contributed by atoms with Crippen LogP contribution in [0.25, 0.3) is 0 Å². The summed E-state index contributed by atoms with van der Waals surface area (Å²) in [5, 5.41) is 12.3. The van der Waals surface area contributed by atoms with Gasteiger partial charge in [-0.25, -0.2) is 10.7 Å². The number of Topliss-reactive ketones (excluding diaryl/α,β-unsaturated/α-hetero) is 1. The zero-order valence-corrected chi connectivity index (χ0v) is 14.9. The standard InChI is InChI=1S/C21H19N3O4/c22-28-20(15-5-7-16(8-6-15)21(26)27)19(25)17-3-1-2-4-18(17)24-13-14-9-11-23-12-10-14/h1-12,20,24H,13,22H2,(H,26,27). The predicted octanol–water partition coefficient (Wildman–Crippen LogP) is 3.21. The minimum atomic E-state index is -1.05. The Morgan fingerprint density at radius 1 is 1.04 bits per heavy atom. The van der Waals surface area contributed by atoms with Gasteiger partial charge in [-0.15, -0.1) is 0 Å². The van der Waals surface area contributed by atoms with Gasteiger partial charge in [0.25, 0.3) is 0 Å². The van der Waals surface area contributed by atoms with Crippen LogP contribution in [0, 0.1) is 0 Å². The summed E-state index contributed by atoms with van der Waals surface area (Å²) in [7, 11) is 0. The van der Waals surface area contributed by atoms with Crippen molar-refractivity contribution in [1.82, 2.24) is 4.98 Å². The Kier molecular flexibility index (Phi) is 6.11. The molecule has 3 rings (SSSR count). The van der Waals surface area contributed by atoms with Crippen LogP contribution in [0.3, 0.4) is 0 Å². The smallest absolute Gasteiger partial charge is 0.335 e. The number of hydrogen-bond acceptors (Lipinski definition) is 6. The third-order valence-corrected chi connectivity index (χ3v) is 4.26. The number of nitrogens with zero attached hydrogens (tertiary/aromatic N) is 1. The number of ketones is 1. The van der Waals surface area contributed by atoms with Crippen molar-refractivity contribution < 1.29 is 19.5 Å². The number of nitrogens with one attached hydrogen (secondary N) is 1. The number of para-hydroxylation sites is 1. The van der Waals surface area contributed by atoms with Crippen molar-refractivity contribution >= 4 is 17.4 Å². The summed E-state index contributed by atoms with van der Waals surface area (Å²) in [6, 6.07) is 16.7. The van der Waals surface area contributed by atoms with E-state index >= 15 is 0 Å². The molecule has 1 unspecified atom stereocenters. The fourth-order valence-electron chi connectivity index (χ4n) is 2.78. The third kappa shape index (κ3) is 4.40. The fourth-order valence-corrected chi connectivity index (χ4v) is 2.78. The largest absolute Gasteiger partial charge is 0.478 e. The Labute approximate surface area is 161 Å². The molecule has 0 aliphatic rings. The molecule has 4 N–H and O–H groups in total. The first kappa shape index (κ1) is 19.2. The molecule has 28 heavy (non-hydrogen) atoms. The van der Waals surface area contributed by atoms with E-state index in [2.05, 4.69) is 10.3 Å². The second kappa shape index (κ2) is 8.90. The number of nitrogens with two attached hydrogens (primary N) is 1. The number of carboxylic acid groups (broad SMARTS) is 1. The van der Waals surface area contributed by atoms with Gasteiger partial charge in [0.1, 0.15) is 0 Å². The molecular weight excluding hydrogens is 358 g/mol. The Hall–Kier alpha value is -3.55. The zero-order chi connectivity index (χ0) is 19.9. The van der Waals surface area contributed by atoms with E-state index in [1.165, 1.54) is 24.3 Å². The van der Waals surface area contributed by atoms with E-state index in [9.17, 15) is 9.59 Å². The van der Waals surface area contributed by atoms with Crippen molar-refractivity contribution in [3.8, 4) is 0 Å². The number of carboxylic acids is 1. The molecule has 1 aromatic heterocycles. The average Bonchev–Trinajstić information content (AvgIpc) is 2.74. The van der Waals surface area contributed by atoms with Crippen molar-refractivity contribution in [2.75, 3.05) is 5.32 Å². The highest BCUT2D eigenvalue weighted by Gasteiger charge is 2.25. The molecule has 0 saturated heterocycles. The molecule has 0 bridgehead atoms. The normalized spacial score (nSPS) is 11.6. The first-order valence-electron chi connectivity index (χ1n) is 8.55. The van der Waals surface area contributed by atoms with Gasteiger partial charge >= 0.3 is 5.97 Å². The SMILES string of the molecule is NOC(C(=O)c1ccccc1NCc1ccncc1)c1ccc(C(=O)O)cc1. The molecule has 0 amide bonds. The van der Waals surface area contributed by atoms with Crippen LogP contribution in [0.1, 0.15) is 37.9 Å². The second-order valence-electron chi connectivity index (χ2n) is 6.06. The van der Waals surface area contributed by atoms with Crippen LogP contribution in [0.2, 0.25) is 0 Å². The lowest BCUT2D eigenvalue weighted by Gasteiger charge is -2.17. The quantitative estimate of drug-likeness (QED) is 0.408. The van der Waals surface area contributed by atoms with Gasteiger partial charge < -0.3 is 10.4 Å². The fraction of sp³-hybridized carbons (Fsp3) is 0.0952. The molecule has 0 spiro atoms. The minimum absolute atomic E-state index is 0.117. The summed E-state index contributed by atoms with van der Waals surface area (Å²) < 4.78 is 0. The van der Waals surface area contributed by atoms with Crippen LogP contribution in [-0.4, -0.2) is 21.8 Å². The lowest BCUT2D eigenvalue weighted by atomic mass is 9.97. The topological polar surface area (TPSA) is 115 Å². The van der Waals surface area contributed by atoms with E-state index in [1.807, 2.05) is 18.2 Å². The average molecular weight is 377 g/mol. The molecule has 0 radical (unpaired) electrons. The summed E-state index contributed by atoms with van der Waals surface area (Å²) in [4.78, 5) is 33.0. The lowest BCUT2D eigenvalue weighted by molar-refractivity contribution is 0.0405. The van der Waals surface area contributed by atoms with Gasteiger partial charge in [-0.2, -0.15) is 0 Å². The summed E-state index contributed by atoms with van der Waals surface area (Å²) in [5.41, 5.74) is 2.68. The van der Waals surface area contributed by atoms with Gasteiger partial charge in [0.05, 0.1) is 5.56 Å². The number of benzene rings is 2. The van der Waals surface area contributed by atoms with E-state index in [-0.39, 0.29) is 11.3 Å². The molecule has 2 aromatic carbocycles. The van der Waals surface area contributed by atoms with Crippen molar-refractivity contribution in [2.24, 2.45) is 5.90 Å². The monoisotopic (exact) mass is 377 g/mol. The predicted molar refractivity (Wildman–Crippen MR) is 104 cm³/mol. The molecule has 1 heterocycles. The Bertz CT molecular complexity index is 959. The molecular formula is C21H19N3O4. The maximum atomic E-state index is 13.1. The number of anilines is 1. The summed E-state index contributed by atoms with van der Waals surface area (Å²) in [6.45, 7) is 0.522. The van der Waals surface area contributed by atoms with Gasteiger partial charge in [-0.3, -0.25) is 14.6 Å². The first-order valence-corrected chi connectivity index (χ1v) is 8.55. The maximum Gasteiger partial charge on any atom is 0.335 e. The Balaban J connectivity index is 1.83. The molecule has 7 heteroatoms. The lowest BCUT2D eigenvalue weighted by Crippen LogP contribution is -2.21. The molecule has 1 atom stereocenters. The summed E-state index contributed by atoms with van der Waals surface area (Å²) >= 11 is 0. The van der Waals surface area contributed by atoms with E-state index in [4.69, 9.17) is 15.8 Å². The number of aromatic nitrogens is 1. The van der Waals surface area contributed by atoms with Crippen LogP contribution in [0.5, 0.6) is 0 Å². The van der Waals surface area contributed by atoms with Gasteiger partial charge in [0, 0.05) is 30.2 Å². The Morgan fingerprint density at radius 2 is 1.71 bits per heavy atom. The van der Waals surface area contributed by atoms with Crippen LogP contribution in [0.15, 0.2) is 73.1 Å². The van der Waals surface area contributed by atoms with Crippen molar-refractivity contribution in [2.45, 2.75) is 12.6 Å². The van der Waals surface area contributed by atoms with E-state index in [0.29, 0.717) is 23.4 Å². The number of rotatable bonds is 8. The maximum absolute atomic E-state index is 13.1. The highest BCUT2D eigenvalue weighted by Crippen LogP contribution is 2.26. The molecule has 7 nitrogen and oxygen atoms in total. The highest BCUT2D eigenvalue weighted by atomic mass is 16.6. The molecule has 3 aromatic rings. The number of carbonyl (C=O) groups is 2. The number of pyridine rings is 1. The van der Waals surface area contributed by atoms with E-state index in [0.717, 1.165) is 5.56 Å². The molecule has 0 aliphatic carbocycles. The van der Waals surface area contributed by atoms with Crippen LogP contribution in [-0.2, 0) is 11.4 Å². The molecule has 0 aliphatic heterocycles. The van der Waals surface area contributed by atoms with Gasteiger partial charge in [0.15, 0.2) is 11.9 Å². The molecule has 0 saturated carbocycles. The number of aromatic carboxylic acids is 1.